The first-order chi connectivity index (χ1) is 15.7. The lowest BCUT2D eigenvalue weighted by molar-refractivity contribution is -0.117. The Bertz CT molecular complexity index is 1070. The minimum absolute atomic E-state index is 0.189. The average molecular weight is 430 g/mol. The fourth-order valence-corrected chi connectivity index (χ4v) is 4.63. The number of benzene rings is 2. The van der Waals surface area contributed by atoms with Gasteiger partial charge in [-0.15, -0.1) is 0 Å². The topological polar surface area (TPSA) is 61.8 Å². The van der Waals surface area contributed by atoms with Gasteiger partial charge in [-0.25, -0.2) is 9.97 Å². The lowest BCUT2D eigenvalue weighted by Crippen LogP contribution is -2.51. The van der Waals surface area contributed by atoms with E-state index in [1.54, 1.807) is 19.5 Å². The van der Waals surface area contributed by atoms with Crippen LogP contribution in [0.2, 0.25) is 0 Å². The Morgan fingerprint density at radius 2 is 1.62 bits per heavy atom. The molecule has 7 nitrogen and oxygen atoms in total. The number of nitrogens with zero attached hydrogens (tertiary/aromatic N) is 5. The highest BCUT2D eigenvalue weighted by molar-refractivity contribution is 5.96. The first-order valence-electron chi connectivity index (χ1n) is 11.0. The van der Waals surface area contributed by atoms with Gasteiger partial charge in [0, 0.05) is 68.8 Å². The highest BCUT2D eigenvalue weighted by Crippen LogP contribution is 2.32. The molecule has 3 heterocycles. The van der Waals surface area contributed by atoms with E-state index in [-0.39, 0.29) is 11.9 Å². The molecule has 1 unspecified atom stereocenters. The Hall–Kier alpha value is -3.45. The number of ether oxygens (including phenoxy) is 1. The molecule has 2 saturated heterocycles. The molecule has 2 fully saturated rings. The summed E-state index contributed by atoms with van der Waals surface area (Å²) in [6, 6.07) is 18.2. The van der Waals surface area contributed by atoms with Crippen LogP contribution in [0.25, 0.3) is 11.1 Å². The van der Waals surface area contributed by atoms with Gasteiger partial charge in [0.05, 0.1) is 7.11 Å². The molecular weight excluding hydrogens is 402 g/mol. The van der Waals surface area contributed by atoms with E-state index in [1.165, 1.54) is 0 Å². The summed E-state index contributed by atoms with van der Waals surface area (Å²) in [7, 11) is 1.68. The summed E-state index contributed by atoms with van der Waals surface area (Å²) < 4.78 is 5.48. The number of methoxy groups -OCH3 is 1. The molecule has 2 aliphatic rings. The molecular formula is C25H27N5O2. The van der Waals surface area contributed by atoms with Crippen molar-refractivity contribution in [3.05, 3.63) is 67.0 Å². The van der Waals surface area contributed by atoms with Crippen LogP contribution in [-0.4, -0.2) is 66.7 Å². The number of aromatic nitrogens is 2. The van der Waals surface area contributed by atoms with Gasteiger partial charge in [-0.2, -0.15) is 0 Å². The molecule has 0 radical (unpaired) electrons. The van der Waals surface area contributed by atoms with Crippen LogP contribution in [0, 0.1) is 0 Å². The highest BCUT2D eigenvalue weighted by Gasteiger charge is 2.35. The molecule has 0 bridgehead atoms. The zero-order valence-corrected chi connectivity index (χ0v) is 18.2. The van der Waals surface area contributed by atoms with Gasteiger partial charge in [0.1, 0.15) is 5.75 Å². The van der Waals surface area contributed by atoms with E-state index in [2.05, 4.69) is 31.9 Å². The molecule has 0 saturated carbocycles. The zero-order valence-electron chi connectivity index (χ0n) is 18.2. The third-order valence-electron chi connectivity index (χ3n) is 6.37. The lowest BCUT2D eigenvalue weighted by Gasteiger charge is -2.37. The summed E-state index contributed by atoms with van der Waals surface area (Å²) in [4.78, 5) is 28.1. The van der Waals surface area contributed by atoms with E-state index >= 15 is 0 Å². The molecule has 1 aromatic heterocycles. The summed E-state index contributed by atoms with van der Waals surface area (Å²) in [5, 5.41) is 0. The number of amides is 1. The number of anilines is 2. The lowest BCUT2D eigenvalue weighted by atomic mass is 10.0. The van der Waals surface area contributed by atoms with E-state index in [4.69, 9.17) is 4.74 Å². The fourth-order valence-electron chi connectivity index (χ4n) is 4.63. The van der Waals surface area contributed by atoms with Crippen molar-refractivity contribution in [3.8, 4) is 16.9 Å². The number of carbonyl (C=O) groups excluding carboxylic acids is 1. The largest absolute Gasteiger partial charge is 0.496 e. The van der Waals surface area contributed by atoms with Gasteiger partial charge >= 0.3 is 0 Å². The summed E-state index contributed by atoms with van der Waals surface area (Å²) in [5.41, 5.74) is 3.08. The van der Waals surface area contributed by atoms with Crippen LogP contribution in [0.4, 0.5) is 11.6 Å². The number of hydrogen-bond acceptors (Lipinski definition) is 6. The predicted molar refractivity (Wildman–Crippen MR) is 125 cm³/mol. The number of rotatable bonds is 5. The Labute approximate surface area is 188 Å². The van der Waals surface area contributed by atoms with Crippen LogP contribution in [0.15, 0.2) is 67.0 Å². The third kappa shape index (κ3) is 4.03. The van der Waals surface area contributed by atoms with Crippen LogP contribution in [0.5, 0.6) is 5.75 Å². The van der Waals surface area contributed by atoms with Crippen molar-refractivity contribution in [1.82, 2.24) is 14.9 Å². The van der Waals surface area contributed by atoms with E-state index in [1.807, 2.05) is 47.4 Å². The molecule has 0 spiro atoms. The molecule has 2 aromatic carbocycles. The summed E-state index contributed by atoms with van der Waals surface area (Å²) >= 11 is 0. The van der Waals surface area contributed by atoms with Crippen LogP contribution in [-0.2, 0) is 4.79 Å². The van der Waals surface area contributed by atoms with E-state index < -0.39 is 0 Å². The van der Waals surface area contributed by atoms with Gasteiger partial charge in [0.25, 0.3) is 0 Å². The van der Waals surface area contributed by atoms with Crippen LogP contribution in [0.1, 0.15) is 6.42 Å². The molecule has 164 valence electrons. The molecule has 7 heteroatoms. The van der Waals surface area contributed by atoms with Gasteiger partial charge in [-0.1, -0.05) is 30.3 Å². The van der Waals surface area contributed by atoms with Crippen molar-refractivity contribution in [1.29, 1.82) is 0 Å². The van der Waals surface area contributed by atoms with Crippen molar-refractivity contribution < 1.29 is 9.53 Å². The van der Waals surface area contributed by atoms with Gasteiger partial charge in [0.2, 0.25) is 11.9 Å². The second kappa shape index (κ2) is 8.96. The standard InChI is InChI=1S/C25H27N5O2/c1-32-23-6-3-2-5-22(23)19-7-9-20(10-8-19)30-18-21(17-24(30)31)28-13-15-29(16-14-28)25-26-11-4-12-27-25/h2-12,21H,13-18H2,1H3. The first-order valence-corrected chi connectivity index (χ1v) is 11.0. The predicted octanol–water partition coefficient (Wildman–Crippen LogP) is 3.08. The van der Waals surface area contributed by atoms with Gasteiger partial charge in [0.15, 0.2) is 0 Å². The average Bonchev–Trinajstić information content (AvgIpc) is 3.26. The number of piperazine rings is 1. The normalized spacial score (nSPS) is 19.4. The number of carbonyl (C=O) groups is 1. The SMILES string of the molecule is COc1ccccc1-c1ccc(N2CC(N3CCN(c4ncccn4)CC3)CC2=O)cc1. The van der Waals surface area contributed by atoms with Crippen molar-refractivity contribution >= 4 is 17.5 Å². The van der Waals surface area contributed by atoms with Crippen molar-refractivity contribution in [2.24, 2.45) is 0 Å². The summed E-state index contributed by atoms with van der Waals surface area (Å²) in [6.45, 7) is 4.31. The van der Waals surface area contributed by atoms with Crippen LogP contribution in [0.3, 0.4) is 0 Å². The maximum Gasteiger partial charge on any atom is 0.228 e. The summed E-state index contributed by atoms with van der Waals surface area (Å²) in [5.74, 6) is 1.82. The van der Waals surface area contributed by atoms with Crippen LogP contribution >= 0.6 is 0 Å². The van der Waals surface area contributed by atoms with Gasteiger partial charge in [-0.05, 0) is 29.8 Å². The molecule has 1 atom stereocenters. The number of para-hydroxylation sites is 1. The van der Waals surface area contributed by atoms with Crippen molar-refractivity contribution in [3.63, 3.8) is 0 Å². The smallest absolute Gasteiger partial charge is 0.228 e. The van der Waals surface area contributed by atoms with E-state index in [0.717, 1.165) is 61.2 Å². The summed E-state index contributed by atoms with van der Waals surface area (Å²) in [6.07, 6.45) is 4.12. The van der Waals surface area contributed by atoms with Gasteiger partial charge in [-0.3, -0.25) is 9.69 Å². The Balaban J connectivity index is 1.23. The highest BCUT2D eigenvalue weighted by atomic mass is 16.5. The van der Waals surface area contributed by atoms with Crippen molar-refractivity contribution in [2.75, 3.05) is 49.6 Å². The molecule has 5 rings (SSSR count). The van der Waals surface area contributed by atoms with Gasteiger partial charge < -0.3 is 14.5 Å². The monoisotopic (exact) mass is 429 g/mol. The molecule has 1 amide bonds. The third-order valence-corrected chi connectivity index (χ3v) is 6.37. The minimum Gasteiger partial charge on any atom is -0.496 e. The Kier molecular flexibility index (Phi) is 5.73. The van der Waals surface area contributed by atoms with Crippen LogP contribution < -0.4 is 14.5 Å². The number of hydrogen-bond donors (Lipinski definition) is 0. The zero-order chi connectivity index (χ0) is 21.9. The quantitative estimate of drug-likeness (QED) is 0.621. The minimum atomic E-state index is 0.189. The Morgan fingerprint density at radius 3 is 2.34 bits per heavy atom. The second-order valence-corrected chi connectivity index (χ2v) is 8.18. The molecule has 0 aliphatic carbocycles. The van der Waals surface area contributed by atoms with E-state index in [0.29, 0.717) is 6.42 Å². The second-order valence-electron chi connectivity index (χ2n) is 8.18. The maximum atomic E-state index is 12.8. The van der Waals surface area contributed by atoms with Crippen molar-refractivity contribution in [2.45, 2.75) is 12.5 Å². The fraction of sp³-hybridized carbons (Fsp3) is 0.320. The van der Waals surface area contributed by atoms with E-state index in [9.17, 15) is 4.79 Å². The molecule has 0 N–H and O–H groups in total. The first kappa shape index (κ1) is 20.5. The molecule has 2 aliphatic heterocycles. The molecule has 3 aromatic rings. The Morgan fingerprint density at radius 1 is 0.906 bits per heavy atom. The molecule has 32 heavy (non-hydrogen) atoms. The maximum absolute atomic E-state index is 12.8.